The summed E-state index contributed by atoms with van der Waals surface area (Å²) in [6.45, 7) is 6.15. The van der Waals surface area contributed by atoms with Crippen LogP contribution >= 0.6 is 0 Å². The van der Waals surface area contributed by atoms with Crippen LogP contribution in [0.1, 0.15) is 27.2 Å². The maximum absolute atomic E-state index is 11.9. The Morgan fingerprint density at radius 1 is 1.30 bits per heavy atom. The van der Waals surface area contributed by atoms with Crippen LogP contribution in [0.25, 0.3) is 0 Å². The summed E-state index contributed by atoms with van der Waals surface area (Å²) in [6.07, 6.45) is 0.283. The smallest absolute Gasteiger partial charge is 0.321 e. The van der Waals surface area contributed by atoms with Crippen molar-refractivity contribution in [3.8, 4) is 5.75 Å². The van der Waals surface area contributed by atoms with E-state index in [1.807, 2.05) is 26.0 Å². The topological polar surface area (TPSA) is 61.8 Å². The molecule has 0 fully saturated rings. The van der Waals surface area contributed by atoms with Gasteiger partial charge in [-0.25, -0.2) is 4.79 Å². The fraction of sp³-hybridized carbons (Fsp3) is 0.533. The monoisotopic (exact) mass is 280 g/mol. The summed E-state index contributed by atoms with van der Waals surface area (Å²) in [4.78, 5) is 13.4. The Bertz CT molecular complexity index is 416. The lowest BCUT2D eigenvalue weighted by molar-refractivity contribution is 0.167. The zero-order valence-electron chi connectivity index (χ0n) is 12.6. The van der Waals surface area contributed by atoms with Crippen LogP contribution in [0.15, 0.2) is 24.3 Å². The van der Waals surface area contributed by atoms with Gasteiger partial charge in [0, 0.05) is 19.3 Å². The average Bonchev–Trinajstić information content (AvgIpc) is 2.37. The Hall–Kier alpha value is -1.75. The molecule has 2 amide bonds. The van der Waals surface area contributed by atoms with Crippen molar-refractivity contribution in [2.45, 2.75) is 39.4 Å². The fourth-order valence-corrected chi connectivity index (χ4v) is 1.59. The Morgan fingerprint density at radius 3 is 2.40 bits per heavy atom. The second kappa shape index (κ2) is 7.75. The first kappa shape index (κ1) is 16.3. The van der Waals surface area contributed by atoms with Gasteiger partial charge in [-0.3, -0.25) is 0 Å². The third-order valence-electron chi connectivity index (χ3n) is 2.71. The predicted octanol–water partition coefficient (Wildman–Crippen LogP) is 2.71. The molecule has 1 aromatic rings. The first-order valence-corrected chi connectivity index (χ1v) is 6.85. The highest BCUT2D eigenvalue weighted by atomic mass is 16.5. The predicted molar refractivity (Wildman–Crippen MR) is 80.2 cm³/mol. The van der Waals surface area contributed by atoms with E-state index in [0.717, 1.165) is 11.4 Å². The summed E-state index contributed by atoms with van der Waals surface area (Å²) in [5.41, 5.74) is 0.718. The van der Waals surface area contributed by atoms with Gasteiger partial charge in [0.2, 0.25) is 0 Å². The molecule has 2 N–H and O–H groups in total. The Balaban J connectivity index is 2.49. The number of amides is 2. The number of rotatable bonds is 6. The van der Waals surface area contributed by atoms with Crippen LogP contribution in [0.2, 0.25) is 0 Å². The van der Waals surface area contributed by atoms with E-state index in [1.165, 1.54) is 0 Å². The van der Waals surface area contributed by atoms with Gasteiger partial charge in [-0.15, -0.1) is 0 Å². The largest absolute Gasteiger partial charge is 0.491 e. The van der Waals surface area contributed by atoms with Crippen LogP contribution in [0, 0.1) is 0 Å². The molecule has 0 saturated heterocycles. The molecule has 5 nitrogen and oxygen atoms in total. The van der Waals surface area contributed by atoms with Gasteiger partial charge in [-0.2, -0.15) is 0 Å². The van der Waals surface area contributed by atoms with Crippen molar-refractivity contribution in [1.82, 2.24) is 4.90 Å². The number of urea groups is 1. The highest BCUT2D eigenvalue weighted by molar-refractivity contribution is 5.89. The molecule has 0 radical (unpaired) electrons. The van der Waals surface area contributed by atoms with Crippen LogP contribution in [0.3, 0.4) is 0 Å². The fourth-order valence-electron chi connectivity index (χ4n) is 1.59. The van der Waals surface area contributed by atoms with Crippen LogP contribution in [-0.2, 0) is 0 Å². The van der Waals surface area contributed by atoms with E-state index in [1.54, 1.807) is 31.0 Å². The lowest BCUT2D eigenvalue weighted by Crippen LogP contribution is -2.33. The molecular weight excluding hydrogens is 256 g/mol. The Morgan fingerprint density at radius 2 is 1.90 bits per heavy atom. The molecule has 1 unspecified atom stereocenters. The number of hydrogen-bond acceptors (Lipinski definition) is 3. The molecule has 0 aliphatic heterocycles. The third-order valence-corrected chi connectivity index (χ3v) is 2.71. The SMILES string of the molecule is CC(O)CCN(C)C(=O)Nc1ccc(OC(C)C)cc1. The molecule has 0 saturated carbocycles. The standard InChI is InChI=1S/C15H24N2O3/c1-11(2)20-14-7-5-13(6-8-14)16-15(19)17(4)10-9-12(3)18/h5-8,11-12,18H,9-10H2,1-4H3,(H,16,19). The van der Waals surface area contributed by atoms with Gasteiger partial charge in [-0.05, 0) is 51.5 Å². The second-order valence-corrected chi connectivity index (χ2v) is 5.18. The molecule has 0 heterocycles. The number of anilines is 1. The molecule has 5 heteroatoms. The van der Waals surface area contributed by atoms with E-state index in [0.29, 0.717) is 13.0 Å². The first-order valence-electron chi connectivity index (χ1n) is 6.85. The highest BCUT2D eigenvalue weighted by Gasteiger charge is 2.09. The number of nitrogens with zero attached hydrogens (tertiary/aromatic N) is 1. The van der Waals surface area contributed by atoms with Crippen molar-refractivity contribution < 1.29 is 14.6 Å². The molecule has 1 atom stereocenters. The highest BCUT2D eigenvalue weighted by Crippen LogP contribution is 2.17. The zero-order chi connectivity index (χ0) is 15.1. The molecule has 0 aliphatic carbocycles. The van der Waals surface area contributed by atoms with E-state index in [4.69, 9.17) is 4.74 Å². The van der Waals surface area contributed by atoms with E-state index in [2.05, 4.69) is 5.32 Å². The first-order chi connectivity index (χ1) is 9.38. The van der Waals surface area contributed by atoms with Crippen LogP contribution in [0.4, 0.5) is 10.5 Å². The molecule has 1 rings (SSSR count). The number of nitrogens with one attached hydrogen (secondary N) is 1. The lowest BCUT2D eigenvalue weighted by atomic mass is 10.3. The van der Waals surface area contributed by atoms with Crippen LogP contribution in [0.5, 0.6) is 5.75 Å². The maximum Gasteiger partial charge on any atom is 0.321 e. The van der Waals surface area contributed by atoms with Crippen molar-refractivity contribution in [2.24, 2.45) is 0 Å². The third kappa shape index (κ3) is 5.93. The van der Waals surface area contributed by atoms with Crippen LogP contribution < -0.4 is 10.1 Å². The quantitative estimate of drug-likeness (QED) is 0.842. The number of ether oxygens (including phenoxy) is 1. The van der Waals surface area contributed by atoms with E-state index < -0.39 is 6.10 Å². The number of benzene rings is 1. The van der Waals surface area contributed by atoms with Crippen molar-refractivity contribution in [1.29, 1.82) is 0 Å². The minimum atomic E-state index is -0.405. The van der Waals surface area contributed by atoms with Crippen molar-refractivity contribution in [3.63, 3.8) is 0 Å². The number of aliphatic hydroxyl groups is 1. The molecule has 20 heavy (non-hydrogen) atoms. The second-order valence-electron chi connectivity index (χ2n) is 5.18. The zero-order valence-corrected chi connectivity index (χ0v) is 12.6. The number of carbonyl (C=O) groups excluding carboxylic acids is 1. The van der Waals surface area contributed by atoms with Gasteiger partial charge in [0.15, 0.2) is 0 Å². The van der Waals surface area contributed by atoms with E-state index in [9.17, 15) is 9.90 Å². The molecule has 0 aromatic heterocycles. The summed E-state index contributed by atoms with van der Waals surface area (Å²) < 4.78 is 5.54. The summed E-state index contributed by atoms with van der Waals surface area (Å²) in [7, 11) is 1.70. The van der Waals surface area contributed by atoms with Crippen LogP contribution in [-0.4, -0.2) is 41.8 Å². The molecular formula is C15H24N2O3. The summed E-state index contributed by atoms with van der Waals surface area (Å²) >= 11 is 0. The molecule has 0 bridgehead atoms. The Kier molecular flexibility index (Phi) is 6.31. The molecule has 1 aromatic carbocycles. The van der Waals surface area contributed by atoms with Crippen molar-refractivity contribution >= 4 is 11.7 Å². The van der Waals surface area contributed by atoms with E-state index >= 15 is 0 Å². The maximum atomic E-state index is 11.9. The molecule has 112 valence electrons. The molecule has 0 aliphatic rings. The summed E-state index contributed by atoms with van der Waals surface area (Å²) in [5.74, 6) is 0.778. The van der Waals surface area contributed by atoms with Gasteiger partial charge in [0.25, 0.3) is 0 Å². The van der Waals surface area contributed by atoms with Gasteiger partial charge >= 0.3 is 6.03 Å². The number of aliphatic hydroxyl groups excluding tert-OH is 1. The van der Waals surface area contributed by atoms with Gasteiger partial charge in [0.05, 0.1) is 12.2 Å². The van der Waals surface area contributed by atoms with Crippen molar-refractivity contribution in [3.05, 3.63) is 24.3 Å². The lowest BCUT2D eigenvalue weighted by Gasteiger charge is -2.19. The van der Waals surface area contributed by atoms with Crippen molar-refractivity contribution in [2.75, 3.05) is 18.9 Å². The molecule has 0 spiro atoms. The van der Waals surface area contributed by atoms with Gasteiger partial charge < -0.3 is 20.1 Å². The van der Waals surface area contributed by atoms with Gasteiger partial charge in [-0.1, -0.05) is 0 Å². The minimum Gasteiger partial charge on any atom is -0.491 e. The summed E-state index contributed by atoms with van der Waals surface area (Å²) in [6, 6.07) is 7.07. The van der Waals surface area contributed by atoms with E-state index in [-0.39, 0.29) is 12.1 Å². The number of carbonyl (C=O) groups is 1. The van der Waals surface area contributed by atoms with Gasteiger partial charge in [0.1, 0.15) is 5.75 Å². The Labute approximate surface area is 120 Å². The average molecular weight is 280 g/mol. The number of hydrogen-bond donors (Lipinski definition) is 2. The normalized spacial score (nSPS) is 12.1. The summed E-state index contributed by atoms with van der Waals surface area (Å²) in [5, 5.41) is 12.0. The minimum absolute atomic E-state index is 0.127.